The number of halogens is 1. The number of pyridine rings is 1. The minimum atomic E-state index is -0.813. The third-order valence-electron chi connectivity index (χ3n) is 5.78. The van der Waals surface area contributed by atoms with Crippen molar-refractivity contribution < 1.29 is 19.4 Å². The average molecular weight is 572 g/mol. The second kappa shape index (κ2) is 14.6. The highest BCUT2D eigenvalue weighted by atomic mass is 35.5. The molecule has 0 saturated carbocycles. The van der Waals surface area contributed by atoms with Gasteiger partial charge in [0, 0.05) is 41.4 Å². The van der Waals surface area contributed by atoms with E-state index in [1.807, 2.05) is 65.7 Å². The number of fused-ring (bicyclic) bond motifs is 1. The number of carboxylic acids is 1. The van der Waals surface area contributed by atoms with E-state index in [4.69, 9.17) is 21.4 Å². The van der Waals surface area contributed by atoms with E-state index < -0.39 is 5.97 Å². The van der Waals surface area contributed by atoms with Crippen molar-refractivity contribution in [1.82, 2.24) is 15.4 Å². The van der Waals surface area contributed by atoms with Gasteiger partial charge in [0.2, 0.25) is 5.91 Å². The van der Waals surface area contributed by atoms with Crippen molar-refractivity contribution in [1.29, 1.82) is 0 Å². The van der Waals surface area contributed by atoms with Crippen LogP contribution in [-0.2, 0) is 14.3 Å². The predicted molar refractivity (Wildman–Crippen MR) is 157 cm³/mol. The number of nitrogens with one attached hydrogen (secondary N) is 1. The van der Waals surface area contributed by atoms with E-state index in [2.05, 4.69) is 16.5 Å². The molecule has 1 atom stereocenters. The second-order valence-corrected chi connectivity index (χ2v) is 11.8. The Morgan fingerprint density at radius 3 is 2.61 bits per heavy atom. The van der Waals surface area contributed by atoms with Crippen LogP contribution in [0.2, 0.25) is 5.02 Å². The second-order valence-electron chi connectivity index (χ2n) is 8.68. The van der Waals surface area contributed by atoms with Crippen LogP contribution >= 0.6 is 35.1 Å². The lowest BCUT2D eigenvalue weighted by Gasteiger charge is -2.27. The lowest BCUT2D eigenvalue weighted by Crippen LogP contribution is -2.48. The summed E-state index contributed by atoms with van der Waals surface area (Å²) in [5.41, 5.74) is 6.72. The fourth-order valence-electron chi connectivity index (χ4n) is 3.85. The van der Waals surface area contributed by atoms with E-state index in [1.165, 1.54) is 0 Å². The summed E-state index contributed by atoms with van der Waals surface area (Å²) < 4.78 is 5.33. The number of aliphatic carboxylic acids is 1. The third kappa shape index (κ3) is 9.03. The Morgan fingerprint density at radius 2 is 1.82 bits per heavy atom. The summed E-state index contributed by atoms with van der Waals surface area (Å²) in [6.45, 7) is 2.62. The average Bonchev–Trinajstić information content (AvgIpc) is 2.91. The number of hydrogen-bond donors (Lipinski definition) is 2. The fourth-order valence-corrected chi connectivity index (χ4v) is 6.68. The van der Waals surface area contributed by atoms with Crippen molar-refractivity contribution in [2.24, 2.45) is 0 Å². The van der Waals surface area contributed by atoms with Crippen molar-refractivity contribution in [2.45, 2.75) is 17.4 Å². The number of carbonyl (C=O) groups is 2. The molecule has 10 heteroatoms. The maximum atomic E-state index is 12.4. The number of carboxylic acid groups (broad SMARTS) is 1. The Kier molecular flexibility index (Phi) is 10.9. The zero-order valence-corrected chi connectivity index (χ0v) is 23.2. The number of benzene rings is 2. The molecule has 2 N–H and O–H groups in total. The molecule has 1 fully saturated rings. The van der Waals surface area contributed by atoms with E-state index in [-0.39, 0.29) is 16.9 Å². The topological polar surface area (TPSA) is 91.8 Å². The molecule has 200 valence electrons. The van der Waals surface area contributed by atoms with E-state index in [9.17, 15) is 9.59 Å². The van der Waals surface area contributed by atoms with Crippen LogP contribution in [0.5, 0.6) is 0 Å². The number of nitrogens with zero attached hydrogens (tertiary/aromatic N) is 2. The minimum absolute atomic E-state index is 0.0137. The largest absolute Gasteiger partial charge is 0.481 e. The lowest BCUT2D eigenvalue weighted by molar-refractivity contribution is -0.136. The molecule has 1 unspecified atom stereocenters. The highest BCUT2D eigenvalue weighted by Gasteiger charge is 2.17. The van der Waals surface area contributed by atoms with Crippen LogP contribution in [0.25, 0.3) is 23.1 Å². The van der Waals surface area contributed by atoms with Crippen molar-refractivity contribution >= 4 is 70.1 Å². The molecule has 2 heterocycles. The fraction of sp³-hybridized carbons (Fsp3) is 0.321. The summed E-state index contributed by atoms with van der Waals surface area (Å²) in [6.07, 6.45) is 4.46. The quantitative estimate of drug-likeness (QED) is 0.265. The van der Waals surface area contributed by atoms with E-state index in [0.717, 1.165) is 27.7 Å². The van der Waals surface area contributed by atoms with Crippen molar-refractivity contribution in [3.05, 3.63) is 76.4 Å². The Bertz CT molecular complexity index is 1280. The Hall–Kier alpha value is -2.56. The van der Waals surface area contributed by atoms with Crippen molar-refractivity contribution in [2.75, 3.05) is 37.8 Å². The number of aromatic nitrogens is 1. The first-order valence-corrected chi connectivity index (χ1v) is 14.9. The SMILES string of the molecule is O=C(O)CCSC(SCCC(=O)NN1CCOCC1)c1cccc(C=Cc2ccc3ccc(Cl)cc3n2)c1. The number of amides is 1. The normalized spacial score (nSPS) is 15.1. The van der Waals surface area contributed by atoms with E-state index in [0.29, 0.717) is 49.3 Å². The van der Waals surface area contributed by atoms with E-state index >= 15 is 0 Å². The Labute approximate surface area is 235 Å². The summed E-state index contributed by atoms with van der Waals surface area (Å²) in [4.78, 5) is 28.1. The molecule has 4 rings (SSSR count). The van der Waals surface area contributed by atoms with Gasteiger partial charge in [0.15, 0.2) is 0 Å². The smallest absolute Gasteiger partial charge is 0.304 e. The molecule has 2 aromatic carbocycles. The van der Waals surface area contributed by atoms with Gasteiger partial charge in [-0.2, -0.15) is 0 Å². The number of hydrazine groups is 1. The van der Waals surface area contributed by atoms with Crippen LogP contribution in [0.4, 0.5) is 0 Å². The van der Waals surface area contributed by atoms with E-state index in [1.54, 1.807) is 23.5 Å². The predicted octanol–water partition coefficient (Wildman–Crippen LogP) is 5.75. The first-order chi connectivity index (χ1) is 18.5. The highest BCUT2D eigenvalue weighted by molar-refractivity contribution is 8.16. The molecule has 0 radical (unpaired) electrons. The number of hydrogen-bond acceptors (Lipinski definition) is 7. The molecule has 38 heavy (non-hydrogen) atoms. The van der Waals surface area contributed by atoms with Gasteiger partial charge in [0.25, 0.3) is 0 Å². The molecule has 0 spiro atoms. The number of rotatable bonds is 12. The van der Waals surface area contributed by atoms with Gasteiger partial charge in [0.1, 0.15) is 0 Å². The maximum absolute atomic E-state index is 12.4. The lowest BCUT2D eigenvalue weighted by atomic mass is 10.1. The molecule has 1 aromatic heterocycles. The van der Waals surface area contributed by atoms with Crippen molar-refractivity contribution in [3.63, 3.8) is 0 Å². The maximum Gasteiger partial charge on any atom is 0.304 e. The first kappa shape index (κ1) is 28.4. The minimum Gasteiger partial charge on any atom is -0.481 e. The molecule has 1 aliphatic rings. The van der Waals surface area contributed by atoms with Gasteiger partial charge in [-0.15, -0.1) is 23.5 Å². The summed E-state index contributed by atoms with van der Waals surface area (Å²) in [5, 5.41) is 12.7. The number of ether oxygens (including phenoxy) is 1. The number of carbonyl (C=O) groups excluding carboxylic acids is 1. The van der Waals surface area contributed by atoms with Crippen molar-refractivity contribution in [3.8, 4) is 0 Å². The molecular weight excluding hydrogens is 542 g/mol. The number of morpholine rings is 1. The molecule has 1 saturated heterocycles. The van der Waals surface area contributed by atoms with Crippen LogP contribution in [0, 0.1) is 0 Å². The molecule has 7 nitrogen and oxygen atoms in total. The van der Waals surface area contributed by atoms with Crippen LogP contribution in [0.3, 0.4) is 0 Å². The van der Waals surface area contributed by atoms with Crippen LogP contribution < -0.4 is 5.43 Å². The van der Waals surface area contributed by atoms with Gasteiger partial charge in [-0.1, -0.05) is 48.0 Å². The molecule has 1 aliphatic heterocycles. The molecule has 3 aromatic rings. The molecule has 0 bridgehead atoms. The molecule has 0 aliphatic carbocycles. The summed E-state index contributed by atoms with van der Waals surface area (Å²) in [6, 6.07) is 17.8. The van der Waals surface area contributed by atoms with Gasteiger partial charge in [-0.25, -0.2) is 9.99 Å². The van der Waals surface area contributed by atoms with Gasteiger partial charge < -0.3 is 9.84 Å². The van der Waals surface area contributed by atoms with Crippen LogP contribution in [0.1, 0.15) is 34.2 Å². The number of thioether (sulfide) groups is 2. The zero-order chi connectivity index (χ0) is 26.7. The molecule has 1 amide bonds. The molecular formula is C28H30ClN3O4S2. The van der Waals surface area contributed by atoms with Gasteiger partial charge >= 0.3 is 5.97 Å². The van der Waals surface area contributed by atoms with Crippen LogP contribution in [-0.4, -0.2) is 64.8 Å². The highest BCUT2D eigenvalue weighted by Crippen LogP contribution is 2.40. The zero-order valence-electron chi connectivity index (χ0n) is 20.8. The third-order valence-corrected chi connectivity index (χ3v) is 8.86. The standard InChI is InChI=1S/C28H30ClN3O4S2/c29-23-7-5-21-6-9-24(30-25(21)19-23)8-4-20-2-1-3-22(18-20)28(38-17-11-27(34)35)37-16-10-26(33)31-32-12-14-36-15-13-32/h1-9,18-19,28H,10-17H2,(H,31,33)(H,34,35). The van der Waals surface area contributed by atoms with Crippen LogP contribution in [0.15, 0.2) is 54.6 Å². The van der Waals surface area contributed by atoms with Gasteiger partial charge in [-0.05, 0) is 41.5 Å². The van der Waals surface area contributed by atoms with Gasteiger partial charge in [0.05, 0.1) is 35.4 Å². The first-order valence-electron chi connectivity index (χ1n) is 12.4. The summed E-state index contributed by atoms with van der Waals surface area (Å²) >= 11 is 9.37. The Morgan fingerprint density at radius 1 is 1.05 bits per heavy atom. The summed E-state index contributed by atoms with van der Waals surface area (Å²) in [7, 11) is 0. The monoisotopic (exact) mass is 571 g/mol. The summed E-state index contributed by atoms with van der Waals surface area (Å²) in [5.74, 6) is 0.294. The Balaban J connectivity index is 1.40. The van der Waals surface area contributed by atoms with Gasteiger partial charge in [-0.3, -0.25) is 15.0 Å².